The van der Waals surface area contributed by atoms with E-state index in [0.717, 1.165) is 12.8 Å². The molecule has 1 fully saturated rings. The van der Waals surface area contributed by atoms with Crippen molar-refractivity contribution in [2.24, 2.45) is 0 Å². The van der Waals surface area contributed by atoms with Gasteiger partial charge in [-0.3, -0.25) is 10.1 Å². The van der Waals surface area contributed by atoms with Crippen LogP contribution in [0.3, 0.4) is 0 Å². The molecule has 110 valence electrons. The van der Waals surface area contributed by atoms with Crippen molar-refractivity contribution in [2.45, 2.75) is 65.2 Å². The van der Waals surface area contributed by atoms with Gasteiger partial charge in [0, 0.05) is 6.04 Å². The molecule has 0 bridgehead atoms. The highest BCUT2D eigenvalue weighted by Crippen LogP contribution is 2.35. The van der Waals surface area contributed by atoms with Crippen molar-refractivity contribution >= 4 is 5.91 Å². The Morgan fingerprint density at radius 3 is 2.55 bits per heavy atom. The first kappa shape index (κ1) is 15.0. The van der Waals surface area contributed by atoms with Crippen molar-refractivity contribution in [3.8, 4) is 0 Å². The predicted octanol–water partition coefficient (Wildman–Crippen LogP) is 3.39. The Balaban J connectivity index is 2.45. The molecule has 2 rings (SSSR count). The van der Waals surface area contributed by atoms with E-state index in [9.17, 15) is 4.79 Å². The molecular weight excluding hydrogens is 248 g/mol. The molecule has 0 radical (unpaired) electrons. The van der Waals surface area contributed by atoms with Gasteiger partial charge in [0.2, 0.25) is 5.91 Å². The number of aryl methyl sites for hydroxylation is 1. The summed E-state index contributed by atoms with van der Waals surface area (Å²) >= 11 is 0. The topological polar surface area (TPSA) is 32.3 Å². The van der Waals surface area contributed by atoms with Crippen LogP contribution in [0, 0.1) is 6.92 Å². The van der Waals surface area contributed by atoms with Gasteiger partial charge < -0.3 is 4.90 Å². The maximum absolute atomic E-state index is 12.8. The molecule has 3 nitrogen and oxygen atoms in total. The van der Waals surface area contributed by atoms with Gasteiger partial charge in [-0.05, 0) is 44.7 Å². The second kappa shape index (κ2) is 5.57. The quantitative estimate of drug-likeness (QED) is 0.912. The summed E-state index contributed by atoms with van der Waals surface area (Å²) in [6.07, 6.45) is 1.76. The molecule has 1 aromatic rings. The molecule has 3 unspecified atom stereocenters. The average Bonchev–Trinajstić information content (AvgIpc) is 2.72. The molecule has 1 N–H and O–H groups in total. The second-order valence-corrected chi connectivity index (χ2v) is 6.06. The van der Waals surface area contributed by atoms with Gasteiger partial charge >= 0.3 is 0 Å². The van der Waals surface area contributed by atoms with Crippen molar-refractivity contribution in [1.82, 2.24) is 10.2 Å². The number of hydrogen-bond acceptors (Lipinski definition) is 2. The molecule has 3 atom stereocenters. The average molecular weight is 274 g/mol. The maximum atomic E-state index is 12.8. The van der Waals surface area contributed by atoms with Crippen LogP contribution in [-0.4, -0.2) is 22.4 Å². The molecule has 0 aliphatic carbocycles. The molecule has 1 aromatic carbocycles. The van der Waals surface area contributed by atoms with Gasteiger partial charge in [0.25, 0.3) is 0 Å². The van der Waals surface area contributed by atoms with Gasteiger partial charge in [-0.15, -0.1) is 0 Å². The van der Waals surface area contributed by atoms with E-state index in [0.29, 0.717) is 0 Å². The van der Waals surface area contributed by atoms with Gasteiger partial charge in [0.05, 0.1) is 5.54 Å². The van der Waals surface area contributed by atoms with Crippen molar-refractivity contribution in [1.29, 1.82) is 0 Å². The molecule has 1 saturated heterocycles. The number of nitrogens with zero attached hydrogens (tertiary/aromatic N) is 1. The van der Waals surface area contributed by atoms with Gasteiger partial charge in [-0.2, -0.15) is 0 Å². The van der Waals surface area contributed by atoms with Crippen LogP contribution in [0.15, 0.2) is 24.3 Å². The molecular formula is C17H26N2O. The number of carbonyl (C=O) groups is 1. The van der Waals surface area contributed by atoms with E-state index < -0.39 is 5.54 Å². The first-order valence-corrected chi connectivity index (χ1v) is 7.60. The van der Waals surface area contributed by atoms with E-state index in [2.05, 4.69) is 45.1 Å². The first-order valence-electron chi connectivity index (χ1n) is 7.60. The Morgan fingerprint density at radius 2 is 2.00 bits per heavy atom. The van der Waals surface area contributed by atoms with E-state index in [1.54, 1.807) is 0 Å². The minimum absolute atomic E-state index is 0.0106. The fourth-order valence-corrected chi connectivity index (χ4v) is 2.86. The molecule has 0 saturated carbocycles. The lowest BCUT2D eigenvalue weighted by Crippen LogP contribution is -2.44. The highest BCUT2D eigenvalue weighted by atomic mass is 16.2. The third-order valence-corrected chi connectivity index (χ3v) is 4.70. The van der Waals surface area contributed by atoms with Crippen LogP contribution in [0.25, 0.3) is 0 Å². The Labute approximate surface area is 122 Å². The zero-order chi connectivity index (χ0) is 14.9. The van der Waals surface area contributed by atoms with E-state index >= 15 is 0 Å². The highest BCUT2D eigenvalue weighted by Gasteiger charge is 2.48. The third-order valence-electron chi connectivity index (χ3n) is 4.70. The number of nitrogens with one attached hydrogen (secondary N) is 1. The predicted molar refractivity (Wildman–Crippen MR) is 82.4 cm³/mol. The second-order valence-electron chi connectivity index (χ2n) is 6.06. The van der Waals surface area contributed by atoms with Crippen molar-refractivity contribution in [2.75, 3.05) is 0 Å². The summed E-state index contributed by atoms with van der Waals surface area (Å²) in [6.45, 7) is 10.5. The van der Waals surface area contributed by atoms with Crippen molar-refractivity contribution in [3.63, 3.8) is 0 Å². The Bertz CT molecular complexity index is 500. The Hall–Kier alpha value is -1.35. The molecule has 0 spiro atoms. The zero-order valence-electron chi connectivity index (χ0n) is 13.2. The van der Waals surface area contributed by atoms with E-state index in [1.807, 2.05) is 24.0 Å². The number of benzene rings is 1. The zero-order valence-corrected chi connectivity index (χ0v) is 13.2. The summed E-state index contributed by atoms with van der Waals surface area (Å²) in [4.78, 5) is 14.9. The SMILES string of the molecule is CCC(C)N1C(=O)C(C)(CC)NC1c1ccccc1C. The lowest BCUT2D eigenvalue weighted by atomic mass is 9.99. The summed E-state index contributed by atoms with van der Waals surface area (Å²) < 4.78 is 0. The van der Waals surface area contributed by atoms with Crippen LogP contribution in [0.5, 0.6) is 0 Å². The van der Waals surface area contributed by atoms with Gasteiger partial charge in [-0.1, -0.05) is 38.1 Å². The molecule has 20 heavy (non-hydrogen) atoms. The van der Waals surface area contributed by atoms with Gasteiger partial charge in [0.15, 0.2) is 0 Å². The number of rotatable bonds is 4. The summed E-state index contributed by atoms with van der Waals surface area (Å²) in [7, 11) is 0. The van der Waals surface area contributed by atoms with Crippen LogP contribution < -0.4 is 5.32 Å². The third kappa shape index (κ3) is 2.35. The summed E-state index contributed by atoms with van der Waals surface area (Å²) in [6, 6.07) is 8.56. The molecule has 1 amide bonds. The van der Waals surface area contributed by atoms with Crippen LogP contribution >= 0.6 is 0 Å². The number of carbonyl (C=O) groups excluding carboxylic acids is 1. The molecule has 0 aromatic heterocycles. The normalized spacial score (nSPS) is 27.9. The maximum Gasteiger partial charge on any atom is 0.244 e. The van der Waals surface area contributed by atoms with E-state index in [1.165, 1.54) is 11.1 Å². The summed E-state index contributed by atoms with van der Waals surface area (Å²) in [5.41, 5.74) is 1.99. The van der Waals surface area contributed by atoms with Crippen molar-refractivity contribution in [3.05, 3.63) is 35.4 Å². The largest absolute Gasteiger partial charge is 0.319 e. The Kier molecular flexibility index (Phi) is 4.19. The number of amides is 1. The van der Waals surface area contributed by atoms with E-state index in [-0.39, 0.29) is 18.1 Å². The highest BCUT2D eigenvalue weighted by molar-refractivity contribution is 5.89. The van der Waals surface area contributed by atoms with Crippen LogP contribution in [0.4, 0.5) is 0 Å². The smallest absolute Gasteiger partial charge is 0.244 e. The molecule has 1 aliphatic heterocycles. The minimum Gasteiger partial charge on any atom is -0.319 e. The van der Waals surface area contributed by atoms with Crippen LogP contribution in [-0.2, 0) is 4.79 Å². The standard InChI is InChI=1S/C17H26N2O/c1-6-13(4)19-15(14-11-9-8-10-12(14)3)18-17(5,7-2)16(19)20/h8-11,13,15,18H,6-7H2,1-5H3. The fourth-order valence-electron chi connectivity index (χ4n) is 2.86. The summed E-state index contributed by atoms with van der Waals surface area (Å²) in [5.74, 6) is 0.225. The van der Waals surface area contributed by atoms with E-state index in [4.69, 9.17) is 0 Å². The molecule has 3 heteroatoms. The first-order chi connectivity index (χ1) is 9.44. The lowest BCUT2D eigenvalue weighted by molar-refractivity contribution is -0.135. The van der Waals surface area contributed by atoms with Crippen LogP contribution in [0.2, 0.25) is 0 Å². The monoisotopic (exact) mass is 274 g/mol. The fraction of sp³-hybridized carbons (Fsp3) is 0.588. The molecule has 1 aliphatic rings. The minimum atomic E-state index is -0.448. The number of hydrogen-bond donors (Lipinski definition) is 1. The Morgan fingerprint density at radius 1 is 1.35 bits per heavy atom. The van der Waals surface area contributed by atoms with Crippen LogP contribution in [0.1, 0.15) is 57.8 Å². The molecule has 1 heterocycles. The summed E-state index contributed by atoms with van der Waals surface area (Å²) in [5, 5.41) is 3.57. The van der Waals surface area contributed by atoms with Crippen molar-refractivity contribution < 1.29 is 4.79 Å². The lowest BCUT2D eigenvalue weighted by Gasteiger charge is -2.30. The van der Waals surface area contributed by atoms with Gasteiger partial charge in [0.1, 0.15) is 6.17 Å². The van der Waals surface area contributed by atoms with Gasteiger partial charge in [-0.25, -0.2) is 0 Å².